The number of nitro groups is 1. The molecule has 26 heavy (non-hydrogen) atoms. The van der Waals surface area contributed by atoms with E-state index in [9.17, 15) is 15.2 Å². The third-order valence-electron chi connectivity index (χ3n) is 5.26. The molecule has 0 unspecified atom stereocenters. The van der Waals surface area contributed by atoms with Crippen molar-refractivity contribution >= 4 is 16.6 Å². The van der Waals surface area contributed by atoms with Crippen LogP contribution in [0.1, 0.15) is 32.7 Å². The lowest BCUT2D eigenvalue weighted by molar-refractivity contribution is -0.384. The second-order valence-corrected chi connectivity index (χ2v) is 7.49. The first kappa shape index (κ1) is 16.7. The van der Waals surface area contributed by atoms with Gasteiger partial charge in [-0.2, -0.15) is 5.10 Å². The number of aromatic nitrogens is 3. The van der Waals surface area contributed by atoms with Crippen molar-refractivity contribution in [2.24, 2.45) is 5.92 Å². The molecule has 1 fully saturated rings. The summed E-state index contributed by atoms with van der Waals surface area (Å²) in [5, 5.41) is 27.0. The topological polar surface area (TPSA) is 94.1 Å². The third kappa shape index (κ3) is 2.84. The lowest BCUT2D eigenvalue weighted by Gasteiger charge is -2.42. The summed E-state index contributed by atoms with van der Waals surface area (Å²) < 4.78 is 1.87. The Kier molecular flexibility index (Phi) is 3.77. The molecule has 7 heteroatoms. The van der Waals surface area contributed by atoms with E-state index in [-0.39, 0.29) is 22.6 Å². The van der Waals surface area contributed by atoms with Crippen LogP contribution in [0.2, 0.25) is 0 Å². The largest absolute Gasteiger partial charge is 0.390 e. The number of pyridine rings is 1. The van der Waals surface area contributed by atoms with Crippen LogP contribution in [0.5, 0.6) is 0 Å². The Morgan fingerprint density at radius 3 is 2.69 bits per heavy atom. The number of nitrogens with zero attached hydrogens (tertiary/aromatic N) is 4. The second kappa shape index (κ2) is 5.88. The van der Waals surface area contributed by atoms with Gasteiger partial charge in [0.15, 0.2) is 0 Å². The first-order chi connectivity index (χ1) is 12.3. The van der Waals surface area contributed by atoms with Crippen LogP contribution in [0.25, 0.3) is 22.2 Å². The molecule has 0 amide bonds. The van der Waals surface area contributed by atoms with Gasteiger partial charge in [-0.3, -0.25) is 19.8 Å². The van der Waals surface area contributed by atoms with Crippen LogP contribution >= 0.6 is 0 Å². The second-order valence-electron chi connectivity index (χ2n) is 7.49. The van der Waals surface area contributed by atoms with E-state index in [1.807, 2.05) is 24.7 Å². The standard InChI is InChI=1S/C19H20N4O3/c1-19(2,24)13-8-14(9-13)22-11-12-7-18(23(25)26)15(10-17(12)21-22)16-5-3-4-6-20-16/h3-7,10-11,13-14,24H,8-9H2,1-2H3. The van der Waals surface area contributed by atoms with Gasteiger partial charge in [0.2, 0.25) is 0 Å². The molecule has 2 heterocycles. The summed E-state index contributed by atoms with van der Waals surface area (Å²) in [6.45, 7) is 3.66. The first-order valence-corrected chi connectivity index (χ1v) is 8.64. The molecule has 0 bridgehead atoms. The van der Waals surface area contributed by atoms with Crippen LogP contribution in [0.4, 0.5) is 5.69 Å². The number of benzene rings is 1. The molecule has 1 saturated carbocycles. The van der Waals surface area contributed by atoms with Crippen molar-refractivity contribution in [2.75, 3.05) is 0 Å². The minimum absolute atomic E-state index is 0.0266. The number of fused-ring (bicyclic) bond motifs is 1. The van der Waals surface area contributed by atoms with Crippen molar-refractivity contribution in [2.45, 2.75) is 38.3 Å². The molecule has 0 radical (unpaired) electrons. The van der Waals surface area contributed by atoms with E-state index in [0.29, 0.717) is 16.8 Å². The molecule has 2 aromatic heterocycles. The average molecular weight is 352 g/mol. The molecule has 1 aromatic carbocycles. The summed E-state index contributed by atoms with van der Waals surface area (Å²) in [7, 11) is 0. The summed E-state index contributed by atoms with van der Waals surface area (Å²) in [5.74, 6) is 0.248. The highest BCUT2D eigenvalue weighted by Crippen LogP contribution is 2.44. The minimum Gasteiger partial charge on any atom is -0.390 e. The van der Waals surface area contributed by atoms with Crippen LogP contribution in [0.3, 0.4) is 0 Å². The highest BCUT2D eigenvalue weighted by atomic mass is 16.6. The number of aliphatic hydroxyl groups is 1. The lowest BCUT2D eigenvalue weighted by Crippen LogP contribution is -2.41. The maximum Gasteiger partial charge on any atom is 0.279 e. The maximum absolute atomic E-state index is 11.5. The molecule has 134 valence electrons. The number of hydrogen-bond donors (Lipinski definition) is 1. The molecule has 1 aliphatic rings. The fourth-order valence-electron chi connectivity index (χ4n) is 3.52. The molecule has 0 aliphatic heterocycles. The predicted molar refractivity (Wildman–Crippen MR) is 97.7 cm³/mol. The zero-order valence-electron chi connectivity index (χ0n) is 14.7. The molecule has 3 aromatic rings. The highest BCUT2D eigenvalue weighted by Gasteiger charge is 2.40. The maximum atomic E-state index is 11.5. The van der Waals surface area contributed by atoms with Gasteiger partial charge < -0.3 is 5.11 Å². The van der Waals surface area contributed by atoms with Crippen molar-refractivity contribution < 1.29 is 10.0 Å². The molecular weight excluding hydrogens is 332 g/mol. The Bertz CT molecular complexity index is 970. The van der Waals surface area contributed by atoms with Gasteiger partial charge in [-0.1, -0.05) is 6.07 Å². The van der Waals surface area contributed by atoms with E-state index in [2.05, 4.69) is 10.1 Å². The zero-order chi connectivity index (χ0) is 18.5. The molecule has 0 atom stereocenters. The van der Waals surface area contributed by atoms with E-state index in [4.69, 9.17) is 0 Å². The Hall–Kier alpha value is -2.80. The SMILES string of the molecule is CC(C)(O)C1CC(n2cc3cc([N+](=O)[O-])c(-c4ccccn4)cc3n2)C1. The summed E-state index contributed by atoms with van der Waals surface area (Å²) >= 11 is 0. The molecule has 4 rings (SSSR count). The third-order valence-corrected chi connectivity index (χ3v) is 5.26. The van der Waals surface area contributed by atoms with E-state index < -0.39 is 5.60 Å². The molecule has 0 spiro atoms. The molecule has 0 saturated heterocycles. The number of rotatable bonds is 4. The van der Waals surface area contributed by atoms with Gasteiger partial charge in [0.1, 0.15) is 0 Å². The van der Waals surface area contributed by atoms with E-state index >= 15 is 0 Å². The molecular formula is C19H20N4O3. The fraction of sp³-hybridized carbons (Fsp3) is 0.368. The van der Waals surface area contributed by atoms with Gasteiger partial charge >= 0.3 is 0 Å². The van der Waals surface area contributed by atoms with E-state index in [1.54, 1.807) is 36.5 Å². The zero-order valence-corrected chi connectivity index (χ0v) is 14.7. The van der Waals surface area contributed by atoms with Gasteiger partial charge in [-0.25, -0.2) is 0 Å². The van der Waals surface area contributed by atoms with Crippen molar-refractivity contribution in [1.82, 2.24) is 14.8 Å². The van der Waals surface area contributed by atoms with Crippen molar-refractivity contribution in [3.8, 4) is 11.3 Å². The van der Waals surface area contributed by atoms with Gasteiger partial charge in [0, 0.05) is 23.8 Å². The smallest absolute Gasteiger partial charge is 0.279 e. The number of hydrogen-bond acceptors (Lipinski definition) is 5. The van der Waals surface area contributed by atoms with Gasteiger partial charge in [0.25, 0.3) is 5.69 Å². The Balaban J connectivity index is 1.72. The van der Waals surface area contributed by atoms with Crippen LogP contribution in [-0.2, 0) is 0 Å². The Morgan fingerprint density at radius 2 is 2.08 bits per heavy atom. The van der Waals surface area contributed by atoms with Gasteiger partial charge in [-0.15, -0.1) is 0 Å². The summed E-state index contributed by atoms with van der Waals surface area (Å²) in [6.07, 6.45) is 5.18. The van der Waals surface area contributed by atoms with E-state index in [1.165, 1.54) is 0 Å². The molecule has 1 aliphatic carbocycles. The Morgan fingerprint density at radius 1 is 1.31 bits per heavy atom. The fourth-order valence-corrected chi connectivity index (χ4v) is 3.52. The number of nitro benzene ring substituents is 1. The molecule has 1 N–H and O–H groups in total. The summed E-state index contributed by atoms with van der Waals surface area (Å²) in [5.41, 5.74) is 1.08. The highest BCUT2D eigenvalue weighted by molar-refractivity contribution is 5.89. The monoisotopic (exact) mass is 352 g/mol. The van der Waals surface area contributed by atoms with Crippen molar-refractivity contribution in [1.29, 1.82) is 0 Å². The van der Waals surface area contributed by atoms with E-state index in [0.717, 1.165) is 18.2 Å². The average Bonchev–Trinajstić information content (AvgIpc) is 2.93. The molecule has 7 nitrogen and oxygen atoms in total. The van der Waals surface area contributed by atoms with Crippen LogP contribution < -0.4 is 0 Å². The normalized spacial score (nSPS) is 20.1. The van der Waals surface area contributed by atoms with Crippen molar-refractivity contribution in [3.05, 3.63) is 52.8 Å². The Labute approximate surface area is 150 Å². The summed E-state index contributed by atoms with van der Waals surface area (Å²) in [6, 6.07) is 8.85. The van der Waals surface area contributed by atoms with Gasteiger partial charge in [-0.05, 0) is 50.8 Å². The predicted octanol–water partition coefficient (Wildman–Crippen LogP) is 3.73. The lowest BCUT2D eigenvalue weighted by atomic mass is 9.71. The quantitative estimate of drug-likeness (QED) is 0.570. The van der Waals surface area contributed by atoms with Gasteiger partial charge in [0.05, 0.1) is 33.3 Å². The van der Waals surface area contributed by atoms with Crippen LogP contribution in [0.15, 0.2) is 42.7 Å². The van der Waals surface area contributed by atoms with Crippen LogP contribution in [0, 0.1) is 16.0 Å². The first-order valence-electron chi connectivity index (χ1n) is 8.64. The minimum atomic E-state index is -0.686. The van der Waals surface area contributed by atoms with Crippen LogP contribution in [-0.4, -0.2) is 30.4 Å². The summed E-state index contributed by atoms with van der Waals surface area (Å²) in [4.78, 5) is 15.4. The van der Waals surface area contributed by atoms with Crippen molar-refractivity contribution in [3.63, 3.8) is 0 Å².